The van der Waals surface area contributed by atoms with E-state index in [1.54, 1.807) is 20.5 Å². The predicted octanol–water partition coefficient (Wildman–Crippen LogP) is 3.56. The lowest BCUT2D eigenvalue weighted by molar-refractivity contribution is 0.413. The van der Waals surface area contributed by atoms with Gasteiger partial charge in [-0.25, -0.2) is 9.97 Å². The van der Waals surface area contributed by atoms with E-state index in [1.165, 1.54) is 0 Å². The smallest absolute Gasteiger partial charge is 0.142 e. The van der Waals surface area contributed by atoms with Gasteiger partial charge < -0.3 is 24.6 Å². The molecule has 0 radical (unpaired) electrons. The number of aromatic nitrogens is 2. The summed E-state index contributed by atoms with van der Waals surface area (Å²) in [7, 11) is 3.37. The van der Waals surface area contributed by atoms with Gasteiger partial charge in [0.05, 0.1) is 19.9 Å². The predicted molar refractivity (Wildman–Crippen MR) is 116 cm³/mol. The molecular weight excluding hydrogens is 366 g/mol. The fourth-order valence-corrected chi connectivity index (χ4v) is 3.50. The molecule has 150 valence electrons. The summed E-state index contributed by atoms with van der Waals surface area (Å²) in [6, 6.07) is 17.9. The topological polar surface area (TPSA) is 62.8 Å². The maximum absolute atomic E-state index is 5.51. The third-order valence-corrected chi connectivity index (χ3v) is 5.02. The van der Waals surface area contributed by atoms with Gasteiger partial charge in [0, 0.05) is 44.0 Å². The Morgan fingerprint density at radius 3 is 2.41 bits per heavy atom. The van der Waals surface area contributed by atoms with Crippen molar-refractivity contribution in [2.24, 2.45) is 0 Å². The van der Waals surface area contributed by atoms with Gasteiger partial charge in [-0.3, -0.25) is 0 Å². The van der Waals surface area contributed by atoms with Crippen LogP contribution in [-0.4, -0.2) is 50.4 Å². The van der Waals surface area contributed by atoms with E-state index in [0.717, 1.165) is 60.7 Å². The van der Waals surface area contributed by atoms with Gasteiger partial charge in [0.2, 0.25) is 0 Å². The fraction of sp³-hybridized carbons (Fsp3) is 0.273. The first-order valence-electron chi connectivity index (χ1n) is 9.63. The number of piperazine rings is 1. The molecule has 4 rings (SSSR count). The van der Waals surface area contributed by atoms with Crippen molar-refractivity contribution < 1.29 is 9.47 Å². The summed E-state index contributed by atoms with van der Waals surface area (Å²) in [6.45, 7) is 3.58. The molecule has 2 aromatic carbocycles. The SMILES string of the molecule is COc1cccc(Nc2cc(N3CCN(c4ccccc4OC)CC3)ncn2)c1. The molecular formula is C22H25N5O2. The van der Waals surface area contributed by atoms with Gasteiger partial charge in [-0.2, -0.15) is 0 Å². The van der Waals surface area contributed by atoms with E-state index in [4.69, 9.17) is 9.47 Å². The molecule has 1 fully saturated rings. The van der Waals surface area contributed by atoms with Crippen molar-refractivity contribution in [1.29, 1.82) is 0 Å². The van der Waals surface area contributed by atoms with Crippen LogP contribution in [0.4, 0.5) is 23.0 Å². The monoisotopic (exact) mass is 391 g/mol. The number of nitrogens with zero attached hydrogens (tertiary/aromatic N) is 4. The Hall–Kier alpha value is -3.48. The second-order valence-corrected chi connectivity index (χ2v) is 6.76. The number of methoxy groups -OCH3 is 2. The molecule has 0 unspecified atom stereocenters. The van der Waals surface area contributed by atoms with Crippen LogP contribution in [0.1, 0.15) is 0 Å². The summed E-state index contributed by atoms with van der Waals surface area (Å²) in [5.41, 5.74) is 2.06. The molecule has 29 heavy (non-hydrogen) atoms. The zero-order valence-electron chi connectivity index (χ0n) is 16.7. The molecule has 1 aromatic heterocycles. The Morgan fingerprint density at radius 2 is 1.62 bits per heavy atom. The van der Waals surface area contributed by atoms with Gasteiger partial charge in [0.15, 0.2) is 0 Å². The molecule has 7 nitrogen and oxygen atoms in total. The third-order valence-electron chi connectivity index (χ3n) is 5.02. The molecule has 0 spiro atoms. The van der Waals surface area contributed by atoms with Gasteiger partial charge in [0.1, 0.15) is 29.5 Å². The van der Waals surface area contributed by atoms with Gasteiger partial charge in [-0.15, -0.1) is 0 Å². The van der Waals surface area contributed by atoms with Crippen LogP contribution in [0.2, 0.25) is 0 Å². The first-order chi connectivity index (χ1) is 14.3. The van der Waals surface area contributed by atoms with Gasteiger partial charge in [0.25, 0.3) is 0 Å². The molecule has 0 aliphatic carbocycles. The average Bonchev–Trinajstić information content (AvgIpc) is 2.79. The van der Waals surface area contributed by atoms with E-state index < -0.39 is 0 Å². The van der Waals surface area contributed by atoms with Crippen LogP contribution < -0.4 is 24.6 Å². The van der Waals surface area contributed by atoms with Crippen LogP contribution in [0.5, 0.6) is 11.5 Å². The Morgan fingerprint density at radius 1 is 0.828 bits per heavy atom. The Kier molecular flexibility index (Phi) is 5.65. The number of hydrogen-bond acceptors (Lipinski definition) is 7. The van der Waals surface area contributed by atoms with Crippen molar-refractivity contribution in [1.82, 2.24) is 9.97 Å². The first kappa shape index (κ1) is 18.9. The molecule has 1 aliphatic rings. The molecule has 1 aliphatic heterocycles. The van der Waals surface area contributed by atoms with Crippen molar-refractivity contribution in [3.05, 3.63) is 60.9 Å². The zero-order valence-corrected chi connectivity index (χ0v) is 16.7. The molecule has 2 heterocycles. The summed E-state index contributed by atoms with van der Waals surface area (Å²) in [6.07, 6.45) is 1.60. The van der Waals surface area contributed by atoms with E-state index in [2.05, 4.69) is 31.2 Å². The molecule has 0 amide bonds. The number of para-hydroxylation sites is 2. The maximum atomic E-state index is 5.51. The fourth-order valence-electron chi connectivity index (χ4n) is 3.50. The highest BCUT2D eigenvalue weighted by Gasteiger charge is 2.20. The summed E-state index contributed by atoms with van der Waals surface area (Å²) >= 11 is 0. The zero-order chi connectivity index (χ0) is 20.1. The van der Waals surface area contributed by atoms with E-state index >= 15 is 0 Å². The molecule has 7 heteroatoms. The van der Waals surface area contributed by atoms with Crippen molar-refractivity contribution in [3.63, 3.8) is 0 Å². The number of hydrogen-bond donors (Lipinski definition) is 1. The Balaban J connectivity index is 1.43. The minimum Gasteiger partial charge on any atom is -0.497 e. The lowest BCUT2D eigenvalue weighted by Gasteiger charge is -2.37. The number of anilines is 4. The number of benzene rings is 2. The van der Waals surface area contributed by atoms with Gasteiger partial charge in [-0.1, -0.05) is 18.2 Å². The standard InChI is InChI=1S/C22H25N5O2/c1-28-18-7-5-6-17(14-18)25-21-15-22(24-16-23-21)27-12-10-26(11-13-27)19-8-3-4-9-20(19)29-2/h3-9,14-16H,10-13H2,1-2H3,(H,23,24,25). The van der Waals surface area contributed by atoms with Crippen molar-refractivity contribution in [2.45, 2.75) is 0 Å². The first-order valence-corrected chi connectivity index (χ1v) is 9.63. The number of nitrogens with one attached hydrogen (secondary N) is 1. The van der Waals surface area contributed by atoms with E-state index in [1.807, 2.05) is 48.5 Å². The molecule has 1 N–H and O–H groups in total. The van der Waals surface area contributed by atoms with Crippen LogP contribution >= 0.6 is 0 Å². The highest BCUT2D eigenvalue weighted by atomic mass is 16.5. The quantitative estimate of drug-likeness (QED) is 0.689. The van der Waals surface area contributed by atoms with Crippen LogP contribution in [0.25, 0.3) is 0 Å². The van der Waals surface area contributed by atoms with Crippen LogP contribution in [0.3, 0.4) is 0 Å². The van der Waals surface area contributed by atoms with Gasteiger partial charge in [-0.05, 0) is 24.3 Å². The lowest BCUT2D eigenvalue weighted by Crippen LogP contribution is -2.47. The lowest BCUT2D eigenvalue weighted by atomic mass is 10.2. The molecule has 3 aromatic rings. The second kappa shape index (κ2) is 8.68. The van der Waals surface area contributed by atoms with Crippen molar-refractivity contribution >= 4 is 23.0 Å². The highest BCUT2D eigenvalue weighted by molar-refractivity contribution is 5.62. The van der Waals surface area contributed by atoms with Gasteiger partial charge >= 0.3 is 0 Å². The van der Waals surface area contributed by atoms with Crippen molar-refractivity contribution in [3.8, 4) is 11.5 Å². The van der Waals surface area contributed by atoms with Crippen LogP contribution in [0.15, 0.2) is 60.9 Å². The maximum Gasteiger partial charge on any atom is 0.142 e. The molecule has 1 saturated heterocycles. The van der Waals surface area contributed by atoms with Crippen LogP contribution in [0, 0.1) is 0 Å². The highest BCUT2D eigenvalue weighted by Crippen LogP contribution is 2.29. The minimum atomic E-state index is 0.760. The van der Waals surface area contributed by atoms with Crippen LogP contribution in [-0.2, 0) is 0 Å². The largest absolute Gasteiger partial charge is 0.497 e. The third kappa shape index (κ3) is 4.34. The Labute approximate surface area is 170 Å². The minimum absolute atomic E-state index is 0.760. The normalized spacial score (nSPS) is 13.9. The molecule has 0 saturated carbocycles. The van der Waals surface area contributed by atoms with Crippen molar-refractivity contribution in [2.75, 3.05) is 55.5 Å². The molecule has 0 atom stereocenters. The Bertz CT molecular complexity index is 957. The van der Waals surface area contributed by atoms with E-state index in [9.17, 15) is 0 Å². The summed E-state index contributed by atoms with van der Waals surface area (Å²) in [5, 5.41) is 3.32. The number of rotatable bonds is 6. The second-order valence-electron chi connectivity index (χ2n) is 6.76. The summed E-state index contributed by atoms with van der Waals surface area (Å²) in [4.78, 5) is 13.5. The molecule has 0 bridgehead atoms. The number of ether oxygens (including phenoxy) is 2. The summed E-state index contributed by atoms with van der Waals surface area (Å²) < 4.78 is 10.8. The average molecular weight is 391 g/mol. The van der Waals surface area contributed by atoms with E-state index in [-0.39, 0.29) is 0 Å². The summed E-state index contributed by atoms with van der Waals surface area (Å²) in [5.74, 6) is 3.39. The van der Waals surface area contributed by atoms with E-state index in [0.29, 0.717) is 0 Å².